The van der Waals surface area contributed by atoms with Gasteiger partial charge >= 0.3 is 0 Å². The van der Waals surface area contributed by atoms with Crippen molar-refractivity contribution in [1.82, 2.24) is 0 Å². The number of anilines is 2. The lowest BCUT2D eigenvalue weighted by atomic mass is 10.2. The summed E-state index contributed by atoms with van der Waals surface area (Å²) in [6, 6.07) is 7.79. The third-order valence-corrected chi connectivity index (χ3v) is 4.99. The van der Waals surface area contributed by atoms with Crippen LogP contribution in [0.4, 0.5) is 15.8 Å². The molecule has 5 nitrogen and oxygen atoms in total. The maximum absolute atomic E-state index is 13.7. The molecule has 0 bridgehead atoms. The summed E-state index contributed by atoms with van der Waals surface area (Å²) in [4.78, 5) is -0.223. The van der Waals surface area contributed by atoms with Crippen molar-refractivity contribution in [3.05, 3.63) is 47.8 Å². The van der Waals surface area contributed by atoms with E-state index in [9.17, 15) is 17.9 Å². The number of halogens is 1. The highest BCUT2D eigenvalue weighted by Crippen LogP contribution is 2.27. The van der Waals surface area contributed by atoms with Crippen molar-refractivity contribution in [3.8, 4) is 5.75 Å². The number of sulfonamides is 1. The minimum absolute atomic E-state index is 0.0233. The van der Waals surface area contributed by atoms with Gasteiger partial charge in [-0.2, -0.15) is 0 Å². The highest BCUT2D eigenvalue weighted by molar-refractivity contribution is 7.92. The average molecular weight is 310 g/mol. The molecule has 0 saturated heterocycles. The number of benzene rings is 2. The smallest absolute Gasteiger partial charge is 0.264 e. The fraction of sp³-hybridized carbons (Fsp3) is 0.143. The SMILES string of the molecule is Cc1c(N)cc(S(=O)(=O)N(C)c2ccc(O)cc2)cc1F. The largest absolute Gasteiger partial charge is 0.508 e. The predicted molar refractivity (Wildman–Crippen MR) is 79.2 cm³/mol. The van der Waals surface area contributed by atoms with Crippen molar-refractivity contribution in [2.75, 3.05) is 17.1 Å². The van der Waals surface area contributed by atoms with E-state index in [1.807, 2.05) is 0 Å². The van der Waals surface area contributed by atoms with Crippen molar-refractivity contribution in [2.24, 2.45) is 0 Å². The summed E-state index contributed by atoms with van der Waals surface area (Å²) in [6.45, 7) is 1.48. The van der Waals surface area contributed by atoms with Crippen molar-refractivity contribution < 1.29 is 17.9 Å². The number of aromatic hydroxyl groups is 1. The van der Waals surface area contributed by atoms with Crippen molar-refractivity contribution in [3.63, 3.8) is 0 Å². The van der Waals surface area contributed by atoms with E-state index in [1.165, 1.54) is 44.3 Å². The summed E-state index contributed by atoms with van der Waals surface area (Å²) in [7, 11) is -2.59. The monoisotopic (exact) mass is 310 g/mol. The molecule has 3 N–H and O–H groups in total. The normalized spacial score (nSPS) is 11.4. The molecule has 7 heteroatoms. The van der Waals surface area contributed by atoms with Gasteiger partial charge in [-0.25, -0.2) is 12.8 Å². The van der Waals surface area contributed by atoms with E-state index in [-0.39, 0.29) is 21.9 Å². The molecule has 2 aromatic rings. The van der Waals surface area contributed by atoms with Gasteiger partial charge in [0.2, 0.25) is 0 Å². The van der Waals surface area contributed by atoms with Crippen LogP contribution in [0.15, 0.2) is 41.3 Å². The molecule has 0 saturated carbocycles. The molecule has 0 aromatic heterocycles. The molecule has 0 heterocycles. The second kappa shape index (κ2) is 5.25. The Kier molecular flexibility index (Phi) is 3.78. The first-order chi connectivity index (χ1) is 9.73. The Morgan fingerprint density at radius 2 is 1.76 bits per heavy atom. The van der Waals surface area contributed by atoms with Gasteiger partial charge in [0.1, 0.15) is 11.6 Å². The molecule has 0 unspecified atom stereocenters. The molecule has 2 rings (SSSR count). The molecule has 2 aromatic carbocycles. The van der Waals surface area contributed by atoms with Gasteiger partial charge in [0, 0.05) is 18.3 Å². The Morgan fingerprint density at radius 3 is 2.29 bits per heavy atom. The molecule has 0 radical (unpaired) electrons. The first-order valence-corrected chi connectivity index (χ1v) is 7.51. The van der Waals surface area contributed by atoms with E-state index < -0.39 is 15.8 Å². The number of phenols is 1. The van der Waals surface area contributed by atoms with E-state index in [1.54, 1.807) is 0 Å². The van der Waals surface area contributed by atoms with Gasteiger partial charge < -0.3 is 10.8 Å². The van der Waals surface area contributed by atoms with E-state index in [2.05, 4.69) is 0 Å². The molecule has 0 fully saturated rings. The van der Waals surface area contributed by atoms with Crippen LogP contribution < -0.4 is 10.0 Å². The summed E-state index contributed by atoms with van der Waals surface area (Å²) in [5.74, 6) is -0.650. The topological polar surface area (TPSA) is 83.6 Å². The van der Waals surface area contributed by atoms with E-state index in [4.69, 9.17) is 5.73 Å². The predicted octanol–water partition coefficient (Wildman–Crippen LogP) is 2.25. The number of nitrogens with zero attached hydrogens (tertiary/aromatic N) is 1. The second-order valence-corrected chi connectivity index (χ2v) is 6.58. The summed E-state index contributed by atoms with van der Waals surface area (Å²) >= 11 is 0. The van der Waals surface area contributed by atoms with Crippen molar-refractivity contribution in [1.29, 1.82) is 0 Å². The highest BCUT2D eigenvalue weighted by atomic mass is 32.2. The molecule has 0 atom stereocenters. The second-order valence-electron chi connectivity index (χ2n) is 4.61. The number of phenolic OH excluding ortho intramolecular Hbond substituents is 1. The van der Waals surface area contributed by atoms with Crippen LogP contribution >= 0.6 is 0 Å². The quantitative estimate of drug-likeness (QED) is 0.852. The molecule has 21 heavy (non-hydrogen) atoms. The minimum atomic E-state index is -3.93. The van der Waals surface area contributed by atoms with Gasteiger partial charge in [-0.3, -0.25) is 4.31 Å². The molecule has 0 aliphatic rings. The lowest BCUT2D eigenvalue weighted by molar-refractivity contribution is 0.475. The molecule has 0 aliphatic heterocycles. The fourth-order valence-corrected chi connectivity index (χ4v) is 3.03. The average Bonchev–Trinajstić information content (AvgIpc) is 2.44. The minimum Gasteiger partial charge on any atom is -0.508 e. The maximum atomic E-state index is 13.7. The molecular weight excluding hydrogens is 295 g/mol. The molecule has 0 aliphatic carbocycles. The van der Waals surface area contributed by atoms with Crippen LogP contribution in [0.5, 0.6) is 5.75 Å². The maximum Gasteiger partial charge on any atom is 0.264 e. The molecule has 0 amide bonds. The van der Waals surface area contributed by atoms with Gasteiger partial charge in [-0.05, 0) is 43.3 Å². The lowest BCUT2D eigenvalue weighted by Crippen LogP contribution is -2.26. The van der Waals surface area contributed by atoms with Crippen LogP contribution in [-0.4, -0.2) is 20.6 Å². The van der Waals surface area contributed by atoms with Gasteiger partial charge in [0.15, 0.2) is 0 Å². The summed E-state index contributed by atoms with van der Waals surface area (Å²) in [5.41, 5.74) is 6.25. The van der Waals surface area contributed by atoms with E-state index in [0.29, 0.717) is 5.69 Å². The van der Waals surface area contributed by atoms with E-state index in [0.717, 1.165) is 10.4 Å². The number of hydrogen-bond donors (Lipinski definition) is 2. The van der Waals surface area contributed by atoms with E-state index >= 15 is 0 Å². The standard InChI is InChI=1S/C14H15FN2O3S/c1-9-13(15)7-12(8-14(9)16)21(19,20)17(2)10-3-5-11(18)6-4-10/h3-8,18H,16H2,1-2H3. The van der Waals surface area contributed by atoms with Crippen LogP contribution in [0.3, 0.4) is 0 Å². The van der Waals surface area contributed by atoms with Gasteiger partial charge in [-0.1, -0.05) is 0 Å². The van der Waals surface area contributed by atoms with Crippen LogP contribution in [0.2, 0.25) is 0 Å². The Labute approximate surface area is 122 Å². The Balaban J connectivity index is 2.49. The Hall–Kier alpha value is -2.28. The zero-order chi connectivity index (χ0) is 15.8. The summed E-state index contributed by atoms with van der Waals surface area (Å²) in [6.07, 6.45) is 0. The number of nitrogen functional groups attached to an aromatic ring is 1. The van der Waals surface area contributed by atoms with Crippen molar-refractivity contribution >= 4 is 21.4 Å². The third kappa shape index (κ3) is 2.78. The lowest BCUT2D eigenvalue weighted by Gasteiger charge is -2.20. The van der Waals surface area contributed by atoms with Crippen molar-refractivity contribution in [2.45, 2.75) is 11.8 Å². The Bertz CT molecular complexity index is 750. The molecule has 0 spiro atoms. The number of hydrogen-bond acceptors (Lipinski definition) is 4. The first-order valence-electron chi connectivity index (χ1n) is 6.07. The van der Waals surface area contributed by atoms with Crippen LogP contribution in [-0.2, 0) is 10.0 Å². The van der Waals surface area contributed by atoms with Crippen LogP contribution in [0.1, 0.15) is 5.56 Å². The highest BCUT2D eigenvalue weighted by Gasteiger charge is 2.23. The zero-order valence-electron chi connectivity index (χ0n) is 11.5. The van der Waals surface area contributed by atoms with Crippen LogP contribution in [0.25, 0.3) is 0 Å². The van der Waals surface area contributed by atoms with Gasteiger partial charge in [0.25, 0.3) is 10.0 Å². The third-order valence-electron chi connectivity index (χ3n) is 3.23. The summed E-state index contributed by atoms with van der Waals surface area (Å²) in [5, 5.41) is 9.23. The van der Waals surface area contributed by atoms with Crippen LogP contribution in [0, 0.1) is 12.7 Å². The zero-order valence-corrected chi connectivity index (χ0v) is 12.4. The van der Waals surface area contributed by atoms with Gasteiger partial charge in [-0.15, -0.1) is 0 Å². The molecular formula is C14H15FN2O3S. The number of rotatable bonds is 3. The Morgan fingerprint density at radius 1 is 1.19 bits per heavy atom. The fourth-order valence-electron chi connectivity index (χ4n) is 1.78. The van der Waals surface area contributed by atoms with Gasteiger partial charge in [0.05, 0.1) is 10.6 Å². The first kappa shape index (κ1) is 15.1. The molecule has 112 valence electrons. The summed E-state index contributed by atoms with van der Waals surface area (Å²) < 4.78 is 39.6. The number of nitrogens with two attached hydrogens (primary N) is 1.